The van der Waals surface area contributed by atoms with Crippen molar-refractivity contribution in [1.82, 2.24) is 15.3 Å². The van der Waals surface area contributed by atoms with Crippen molar-refractivity contribution in [2.24, 2.45) is 0 Å². The first kappa shape index (κ1) is 17.3. The summed E-state index contributed by atoms with van der Waals surface area (Å²) in [5, 5.41) is 4.03. The fourth-order valence-electron chi connectivity index (χ4n) is 4.33. The average Bonchev–Trinajstić information content (AvgIpc) is 2.81. The fraction of sp³-hybridized carbons (Fsp3) is 0.650. The van der Waals surface area contributed by atoms with E-state index in [0.717, 1.165) is 50.0 Å². The summed E-state index contributed by atoms with van der Waals surface area (Å²) >= 11 is 0. The highest BCUT2D eigenvalue weighted by atomic mass is 16.3. The molecular weight excluding hydrogens is 328 g/mol. The van der Waals surface area contributed by atoms with Crippen LogP contribution in [0.3, 0.4) is 0 Å². The van der Waals surface area contributed by atoms with E-state index in [2.05, 4.69) is 20.2 Å². The van der Waals surface area contributed by atoms with Crippen LogP contribution in [-0.4, -0.2) is 35.0 Å². The van der Waals surface area contributed by atoms with Crippen LogP contribution in [0.4, 0.5) is 5.82 Å². The molecule has 3 heterocycles. The fourth-order valence-corrected chi connectivity index (χ4v) is 4.33. The van der Waals surface area contributed by atoms with Gasteiger partial charge < -0.3 is 14.6 Å². The van der Waals surface area contributed by atoms with Gasteiger partial charge in [0.25, 0.3) is 5.91 Å². The first-order valence-electron chi connectivity index (χ1n) is 10.0. The average molecular weight is 356 g/mol. The third-order valence-electron chi connectivity index (χ3n) is 5.72. The van der Waals surface area contributed by atoms with Crippen molar-refractivity contribution in [3.05, 3.63) is 17.7 Å². The van der Waals surface area contributed by atoms with E-state index in [0.29, 0.717) is 17.0 Å². The summed E-state index contributed by atoms with van der Waals surface area (Å²) in [6, 6.07) is 0.261. The summed E-state index contributed by atoms with van der Waals surface area (Å²) in [5.74, 6) is 1.43. The minimum absolute atomic E-state index is 0.0405. The molecule has 0 aromatic carbocycles. The Labute approximate surface area is 154 Å². The molecule has 2 aliphatic rings. The maximum absolute atomic E-state index is 13.1. The van der Waals surface area contributed by atoms with E-state index in [4.69, 9.17) is 4.42 Å². The molecule has 2 aromatic heterocycles. The number of aromatic nitrogens is 2. The van der Waals surface area contributed by atoms with E-state index in [9.17, 15) is 4.79 Å². The monoisotopic (exact) mass is 356 g/mol. The number of furan rings is 1. The van der Waals surface area contributed by atoms with Crippen LogP contribution in [-0.2, 0) is 0 Å². The molecule has 1 saturated carbocycles. The highest BCUT2D eigenvalue weighted by molar-refractivity contribution is 6.10. The molecule has 6 heteroatoms. The molecule has 2 fully saturated rings. The molecule has 0 atom stereocenters. The van der Waals surface area contributed by atoms with Crippen molar-refractivity contribution in [3.8, 4) is 0 Å². The number of hydrogen-bond donors (Lipinski definition) is 1. The third kappa shape index (κ3) is 3.41. The van der Waals surface area contributed by atoms with Gasteiger partial charge in [-0.25, -0.2) is 9.97 Å². The van der Waals surface area contributed by atoms with Gasteiger partial charge in [-0.3, -0.25) is 4.79 Å². The Hall–Kier alpha value is -2.11. The number of piperidine rings is 1. The Bertz CT molecular complexity index is 771. The van der Waals surface area contributed by atoms with Gasteiger partial charge in [0.2, 0.25) is 5.71 Å². The minimum Gasteiger partial charge on any atom is -0.442 e. The lowest BCUT2D eigenvalue weighted by Gasteiger charge is -2.28. The van der Waals surface area contributed by atoms with E-state index in [-0.39, 0.29) is 11.9 Å². The van der Waals surface area contributed by atoms with Crippen LogP contribution >= 0.6 is 0 Å². The molecule has 0 spiro atoms. The molecule has 1 aliphatic carbocycles. The Kier molecular flexibility index (Phi) is 5.09. The number of aryl methyl sites for hydroxylation is 1. The molecule has 1 N–H and O–H groups in total. The zero-order valence-electron chi connectivity index (χ0n) is 15.6. The molecular formula is C20H28N4O2. The predicted molar refractivity (Wildman–Crippen MR) is 102 cm³/mol. The first-order valence-corrected chi connectivity index (χ1v) is 10.0. The summed E-state index contributed by atoms with van der Waals surface area (Å²) in [6.07, 6.45) is 12.2. The Morgan fingerprint density at radius 1 is 1.08 bits per heavy atom. The van der Waals surface area contributed by atoms with Crippen LogP contribution in [0.25, 0.3) is 11.1 Å². The lowest BCUT2D eigenvalue weighted by Crippen LogP contribution is -2.35. The smallest absolute Gasteiger partial charge is 0.255 e. The van der Waals surface area contributed by atoms with Crippen LogP contribution in [0.2, 0.25) is 0 Å². The van der Waals surface area contributed by atoms with Crippen molar-refractivity contribution in [2.45, 2.75) is 70.8 Å². The molecule has 6 nitrogen and oxygen atoms in total. The highest BCUT2D eigenvalue weighted by Crippen LogP contribution is 2.32. The van der Waals surface area contributed by atoms with Crippen LogP contribution < -0.4 is 10.2 Å². The standard InChI is InChI=1S/C20H28N4O2/c1-14-16(19(25)23-15-9-5-2-3-6-10-15)17-18(21-13-22-20(17)26-14)24-11-7-4-8-12-24/h13,15H,2-12H2,1H3,(H,23,25). The second-order valence-electron chi connectivity index (χ2n) is 7.62. The molecule has 1 amide bonds. The van der Waals surface area contributed by atoms with E-state index >= 15 is 0 Å². The zero-order chi connectivity index (χ0) is 17.9. The van der Waals surface area contributed by atoms with Gasteiger partial charge in [0.1, 0.15) is 17.9 Å². The maximum atomic E-state index is 13.1. The largest absolute Gasteiger partial charge is 0.442 e. The van der Waals surface area contributed by atoms with Crippen molar-refractivity contribution >= 4 is 22.8 Å². The summed E-state index contributed by atoms with van der Waals surface area (Å²) in [6.45, 7) is 3.80. The number of carbonyl (C=O) groups is 1. The number of fused-ring (bicyclic) bond motifs is 1. The van der Waals surface area contributed by atoms with Crippen molar-refractivity contribution < 1.29 is 9.21 Å². The van der Waals surface area contributed by atoms with Gasteiger partial charge in [0.15, 0.2) is 0 Å². The Morgan fingerprint density at radius 2 is 1.77 bits per heavy atom. The summed E-state index contributed by atoms with van der Waals surface area (Å²) < 4.78 is 5.83. The summed E-state index contributed by atoms with van der Waals surface area (Å²) in [7, 11) is 0. The molecule has 1 saturated heterocycles. The van der Waals surface area contributed by atoms with Gasteiger partial charge in [0, 0.05) is 19.1 Å². The summed E-state index contributed by atoms with van der Waals surface area (Å²) in [4.78, 5) is 24.2. The van der Waals surface area contributed by atoms with E-state index in [1.54, 1.807) is 6.33 Å². The number of nitrogens with zero attached hydrogens (tertiary/aromatic N) is 3. The Balaban J connectivity index is 1.67. The minimum atomic E-state index is -0.0405. The lowest BCUT2D eigenvalue weighted by molar-refractivity contribution is 0.0933. The van der Waals surface area contributed by atoms with Crippen molar-refractivity contribution in [3.63, 3.8) is 0 Å². The van der Waals surface area contributed by atoms with Crippen molar-refractivity contribution in [2.75, 3.05) is 18.0 Å². The number of carbonyl (C=O) groups excluding carboxylic acids is 1. The van der Waals surface area contributed by atoms with Crippen molar-refractivity contribution in [1.29, 1.82) is 0 Å². The SMILES string of the molecule is Cc1oc2ncnc(N3CCCCC3)c2c1C(=O)NC1CCCCCC1. The van der Waals surface area contributed by atoms with Gasteiger partial charge in [0.05, 0.1) is 10.9 Å². The number of rotatable bonds is 3. The number of hydrogen-bond acceptors (Lipinski definition) is 5. The highest BCUT2D eigenvalue weighted by Gasteiger charge is 2.27. The molecule has 26 heavy (non-hydrogen) atoms. The van der Waals surface area contributed by atoms with Gasteiger partial charge in [-0.05, 0) is 39.0 Å². The molecule has 1 aliphatic heterocycles. The second-order valence-corrected chi connectivity index (χ2v) is 7.62. The molecule has 0 unspecified atom stereocenters. The predicted octanol–water partition coefficient (Wildman–Crippen LogP) is 3.97. The molecule has 140 valence electrons. The van der Waals surface area contributed by atoms with Crippen LogP contribution in [0.5, 0.6) is 0 Å². The van der Waals surface area contributed by atoms with Gasteiger partial charge in [-0.1, -0.05) is 25.7 Å². The Morgan fingerprint density at radius 3 is 2.50 bits per heavy atom. The van der Waals surface area contributed by atoms with Gasteiger partial charge >= 0.3 is 0 Å². The number of anilines is 1. The van der Waals surface area contributed by atoms with Crippen LogP contribution in [0.15, 0.2) is 10.7 Å². The second kappa shape index (κ2) is 7.64. The maximum Gasteiger partial charge on any atom is 0.255 e. The van der Waals surface area contributed by atoms with E-state index in [1.165, 1.54) is 32.1 Å². The normalized spacial score (nSPS) is 19.5. The molecule has 2 aromatic rings. The third-order valence-corrected chi connectivity index (χ3v) is 5.72. The first-order chi connectivity index (χ1) is 12.7. The van der Waals surface area contributed by atoms with Gasteiger partial charge in [-0.2, -0.15) is 0 Å². The topological polar surface area (TPSA) is 71.3 Å². The van der Waals surface area contributed by atoms with Crippen LogP contribution in [0, 0.1) is 6.92 Å². The summed E-state index contributed by atoms with van der Waals surface area (Å²) in [5.41, 5.74) is 1.13. The number of amides is 1. The van der Waals surface area contributed by atoms with E-state index in [1.807, 2.05) is 6.92 Å². The lowest BCUT2D eigenvalue weighted by atomic mass is 10.1. The molecule has 0 radical (unpaired) electrons. The molecule has 0 bridgehead atoms. The van der Waals surface area contributed by atoms with E-state index < -0.39 is 0 Å². The molecule has 4 rings (SSSR count). The number of nitrogens with one attached hydrogen (secondary N) is 1. The quantitative estimate of drug-likeness (QED) is 0.843. The van der Waals surface area contributed by atoms with Gasteiger partial charge in [-0.15, -0.1) is 0 Å². The zero-order valence-corrected chi connectivity index (χ0v) is 15.6. The van der Waals surface area contributed by atoms with Crippen LogP contribution in [0.1, 0.15) is 73.9 Å².